The summed E-state index contributed by atoms with van der Waals surface area (Å²) in [5.74, 6) is -1.16. The summed E-state index contributed by atoms with van der Waals surface area (Å²) in [7, 11) is 0. The first-order valence-electron chi connectivity index (χ1n) is 4.29. The largest absolute Gasteiger partial charge is 0.416 e. The van der Waals surface area contributed by atoms with E-state index in [0.29, 0.717) is 6.07 Å². The van der Waals surface area contributed by atoms with Crippen LogP contribution in [-0.2, 0) is 6.18 Å². The van der Waals surface area contributed by atoms with Gasteiger partial charge in [0, 0.05) is 10.6 Å². The fraction of sp³-hybridized carbons (Fsp3) is 0.400. The smallest absolute Gasteiger partial charge is 0.207 e. The molecule has 0 atom stereocenters. The van der Waals surface area contributed by atoms with Crippen LogP contribution in [-0.4, -0.2) is 0 Å². The Hall–Kier alpha value is -0.770. The number of alkyl halides is 3. The predicted octanol–water partition coefficient (Wildman–Crippen LogP) is 4.62. The zero-order valence-electron chi connectivity index (χ0n) is 8.12. The van der Waals surface area contributed by atoms with E-state index in [0.717, 1.165) is 6.07 Å². The first kappa shape index (κ1) is 12.3. The Morgan fingerprint density at radius 2 is 1.73 bits per heavy atom. The van der Waals surface area contributed by atoms with E-state index in [1.54, 1.807) is 13.8 Å². The predicted molar refractivity (Wildman–Crippen MR) is 50.5 cm³/mol. The van der Waals surface area contributed by atoms with Crippen LogP contribution in [0.25, 0.3) is 0 Å². The molecule has 1 rings (SSSR count). The monoisotopic (exact) mass is 240 g/mol. The van der Waals surface area contributed by atoms with Gasteiger partial charge >= 0.3 is 6.18 Å². The topological polar surface area (TPSA) is 0 Å². The Morgan fingerprint density at radius 3 is 2.07 bits per heavy atom. The van der Waals surface area contributed by atoms with Gasteiger partial charge in [0.15, 0.2) is 0 Å². The lowest BCUT2D eigenvalue weighted by molar-refractivity contribution is -0.137. The molecule has 0 radical (unpaired) electrons. The average molecular weight is 241 g/mol. The molecule has 0 aliphatic heterocycles. The van der Waals surface area contributed by atoms with Gasteiger partial charge in [-0.25, -0.2) is 4.39 Å². The van der Waals surface area contributed by atoms with Gasteiger partial charge in [-0.15, -0.1) is 0 Å². The van der Waals surface area contributed by atoms with E-state index in [4.69, 9.17) is 11.6 Å². The molecule has 0 unspecified atom stereocenters. The van der Waals surface area contributed by atoms with Crippen LogP contribution >= 0.6 is 11.6 Å². The van der Waals surface area contributed by atoms with Crippen molar-refractivity contribution in [1.82, 2.24) is 0 Å². The minimum absolute atomic E-state index is 0.115. The van der Waals surface area contributed by atoms with Gasteiger partial charge in [0.1, 0.15) is 5.82 Å². The van der Waals surface area contributed by atoms with Crippen molar-refractivity contribution in [3.8, 4) is 0 Å². The Morgan fingerprint density at radius 1 is 1.20 bits per heavy atom. The molecule has 0 aliphatic rings. The molecule has 15 heavy (non-hydrogen) atoms. The first-order valence-corrected chi connectivity index (χ1v) is 4.67. The van der Waals surface area contributed by atoms with Crippen LogP contribution in [0, 0.1) is 5.82 Å². The summed E-state index contributed by atoms with van der Waals surface area (Å²) in [5.41, 5.74) is -0.945. The van der Waals surface area contributed by atoms with Crippen molar-refractivity contribution in [2.24, 2.45) is 0 Å². The van der Waals surface area contributed by atoms with E-state index in [-0.39, 0.29) is 16.5 Å². The van der Waals surface area contributed by atoms with Crippen LogP contribution in [0.2, 0.25) is 5.02 Å². The van der Waals surface area contributed by atoms with Crippen molar-refractivity contribution in [1.29, 1.82) is 0 Å². The van der Waals surface area contributed by atoms with Gasteiger partial charge in [-0.3, -0.25) is 0 Å². The number of rotatable bonds is 1. The van der Waals surface area contributed by atoms with Gasteiger partial charge in [-0.2, -0.15) is 13.2 Å². The highest BCUT2D eigenvalue weighted by atomic mass is 35.5. The molecule has 84 valence electrons. The molecule has 0 amide bonds. The summed E-state index contributed by atoms with van der Waals surface area (Å²) < 4.78 is 50.1. The maximum absolute atomic E-state index is 13.3. The first-order chi connectivity index (χ1) is 6.73. The fourth-order valence-electron chi connectivity index (χ4n) is 1.30. The van der Waals surface area contributed by atoms with Gasteiger partial charge in [-0.1, -0.05) is 25.4 Å². The highest BCUT2D eigenvalue weighted by Gasteiger charge is 2.32. The van der Waals surface area contributed by atoms with Crippen molar-refractivity contribution < 1.29 is 17.6 Å². The highest BCUT2D eigenvalue weighted by Crippen LogP contribution is 2.35. The van der Waals surface area contributed by atoms with Crippen molar-refractivity contribution >= 4 is 11.6 Å². The zero-order chi connectivity index (χ0) is 11.8. The second kappa shape index (κ2) is 4.00. The summed E-state index contributed by atoms with van der Waals surface area (Å²) in [6, 6.07) is 1.22. The molecular weight excluding hydrogens is 232 g/mol. The Kier molecular flexibility index (Phi) is 3.28. The van der Waals surface area contributed by atoms with E-state index in [9.17, 15) is 17.6 Å². The quantitative estimate of drug-likeness (QED) is 0.628. The Labute approximate surface area is 89.9 Å². The van der Waals surface area contributed by atoms with E-state index >= 15 is 0 Å². The molecule has 1 aromatic rings. The zero-order valence-corrected chi connectivity index (χ0v) is 8.88. The lowest BCUT2D eigenvalue weighted by Gasteiger charge is -2.13. The van der Waals surface area contributed by atoms with Gasteiger partial charge in [0.2, 0.25) is 0 Å². The molecule has 0 aliphatic carbocycles. The Bertz CT molecular complexity index is 345. The molecule has 0 aromatic heterocycles. The summed E-state index contributed by atoms with van der Waals surface area (Å²) in [5, 5.41) is -0.183. The lowest BCUT2D eigenvalue weighted by atomic mass is 10.0. The third kappa shape index (κ3) is 2.62. The van der Waals surface area contributed by atoms with E-state index < -0.39 is 17.6 Å². The maximum atomic E-state index is 13.3. The fourth-order valence-corrected chi connectivity index (χ4v) is 1.73. The van der Waals surface area contributed by atoms with E-state index in [2.05, 4.69) is 0 Å². The number of hydrogen-bond acceptors (Lipinski definition) is 0. The van der Waals surface area contributed by atoms with Crippen LogP contribution in [0.5, 0.6) is 0 Å². The van der Waals surface area contributed by atoms with Crippen LogP contribution in [0.1, 0.15) is 30.9 Å². The SMILES string of the molecule is CC(C)c1c(F)cc(C(F)(F)F)cc1Cl. The summed E-state index contributed by atoms with van der Waals surface area (Å²) >= 11 is 5.60. The molecule has 0 bridgehead atoms. The van der Waals surface area contributed by atoms with Gasteiger partial charge in [-0.05, 0) is 18.1 Å². The lowest BCUT2D eigenvalue weighted by Crippen LogP contribution is -2.07. The van der Waals surface area contributed by atoms with Crippen LogP contribution < -0.4 is 0 Å². The molecule has 0 saturated carbocycles. The summed E-state index contributed by atoms with van der Waals surface area (Å²) in [4.78, 5) is 0. The van der Waals surface area contributed by atoms with Gasteiger partial charge in [0.05, 0.1) is 5.56 Å². The molecule has 1 aromatic carbocycles. The second-order valence-corrected chi connectivity index (χ2v) is 3.91. The molecule has 0 nitrogen and oxygen atoms in total. The second-order valence-electron chi connectivity index (χ2n) is 3.51. The number of hydrogen-bond donors (Lipinski definition) is 0. The van der Waals surface area contributed by atoms with Gasteiger partial charge in [0.25, 0.3) is 0 Å². The van der Waals surface area contributed by atoms with Crippen LogP contribution in [0.15, 0.2) is 12.1 Å². The van der Waals surface area contributed by atoms with E-state index in [1.807, 2.05) is 0 Å². The van der Waals surface area contributed by atoms with Crippen molar-refractivity contribution in [2.75, 3.05) is 0 Å². The molecule has 0 heterocycles. The summed E-state index contributed by atoms with van der Waals surface area (Å²) in [6.45, 7) is 3.33. The average Bonchev–Trinajstić information content (AvgIpc) is 1.99. The van der Waals surface area contributed by atoms with Crippen molar-refractivity contribution in [3.05, 3.63) is 34.1 Å². The molecule has 0 N–H and O–H groups in total. The molecule has 5 heteroatoms. The van der Waals surface area contributed by atoms with Crippen molar-refractivity contribution in [3.63, 3.8) is 0 Å². The molecular formula is C10H9ClF4. The highest BCUT2D eigenvalue weighted by molar-refractivity contribution is 6.31. The van der Waals surface area contributed by atoms with Gasteiger partial charge < -0.3 is 0 Å². The molecule has 0 saturated heterocycles. The third-order valence-electron chi connectivity index (χ3n) is 1.98. The number of benzene rings is 1. The normalized spacial score (nSPS) is 12.3. The van der Waals surface area contributed by atoms with E-state index in [1.165, 1.54) is 0 Å². The van der Waals surface area contributed by atoms with Crippen molar-refractivity contribution in [2.45, 2.75) is 25.9 Å². The maximum Gasteiger partial charge on any atom is 0.416 e. The standard InChI is InChI=1S/C10H9ClF4/c1-5(2)9-7(11)3-6(4-8(9)12)10(13,14)15/h3-5H,1-2H3. The Balaban J connectivity index is 3.32. The molecule has 0 fully saturated rings. The van der Waals surface area contributed by atoms with Crippen LogP contribution in [0.4, 0.5) is 17.6 Å². The number of halogens is 5. The third-order valence-corrected chi connectivity index (χ3v) is 2.30. The molecule has 0 spiro atoms. The minimum atomic E-state index is -4.57. The minimum Gasteiger partial charge on any atom is -0.207 e. The summed E-state index contributed by atoms with van der Waals surface area (Å²) in [6.07, 6.45) is -4.57. The van der Waals surface area contributed by atoms with Crippen LogP contribution in [0.3, 0.4) is 0 Å².